The number of hydrogen-bond acceptors (Lipinski definition) is 3. The van der Waals surface area contributed by atoms with Crippen LogP contribution in [0.25, 0.3) is 0 Å². The van der Waals surface area contributed by atoms with Gasteiger partial charge in [0, 0.05) is 12.6 Å². The predicted molar refractivity (Wildman–Crippen MR) is 43.8 cm³/mol. The Hall–Kier alpha value is -0.610. The van der Waals surface area contributed by atoms with Gasteiger partial charge in [0.15, 0.2) is 0 Å². The van der Waals surface area contributed by atoms with Crippen molar-refractivity contribution >= 4 is 5.91 Å². The summed E-state index contributed by atoms with van der Waals surface area (Å²) in [5, 5.41) is 6.17. The Morgan fingerprint density at radius 2 is 2.42 bits per heavy atom. The van der Waals surface area contributed by atoms with Crippen LogP contribution in [0.2, 0.25) is 0 Å². The Balaban J connectivity index is 1.84. The molecule has 2 atom stereocenters. The van der Waals surface area contributed by atoms with Gasteiger partial charge in [-0.3, -0.25) is 4.79 Å². The van der Waals surface area contributed by atoms with Gasteiger partial charge in [-0.05, 0) is 19.4 Å². The monoisotopic (exact) mass is 170 g/mol. The number of rotatable bonds is 1. The van der Waals surface area contributed by atoms with Gasteiger partial charge in [-0.2, -0.15) is 0 Å². The van der Waals surface area contributed by atoms with E-state index in [1.807, 2.05) is 0 Å². The van der Waals surface area contributed by atoms with Crippen LogP contribution in [0.4, 0.5) is 0 Å². The van der Waals surface area contributed by atoms with Crippen molar-refractivity contribution < 1.29 is 9.53 Å². The third-order valence-electron chi connectivity index (χ3n) is 2.48. The molecule has 2 aliphatic rings. The highest BCUT2D eigenvalue weighted by atomic mass is 16.5. The van der Waals surface area contributed by atoms with Crippen LogP contribution < -0.4 is 10.6 Å². The molecule has 0 aromatic heterocycles. The minimum Gasteiger partial charge on any atom is -0.365 e. The van der Waals surface area contributed by atoms with E-state index in [4.69, 9.17) is 4.74 Å². The molecule has 0 aliphatic carbocycles. The third kappa shape index (κ3) is 1.59. The van der Waals surface area contributed by atoms with Gasteiger partial charge in [0.05, 0.1) is 6.10 Å². The standard InChI is InChI=1S/C8H14N2O2/c11-8-5-12-7(4-10-8)6-2-1-3-9-6/h6-7,9H,1-5H2,(H,10,11). The van der Waals surface area contributed by atoms with Crippen LogP contribution in [0, 0.1) is 0 Å². The summed E-state index contributed by atoms with van der Waals surface area (Å²) >= 11 is 0. The molecular formula is C8H14N2O2. The number of hydrogen-bond donors (Lipinski definition) is 2. The molecule has 4 nitrogen and oxygen atoms in total. The maximum atomic E-state index is 10.8. The highest BCUT2D eigenvalue weighted by Gasteiger charge is 2.28. The van der Waals surface area contributed by atoms with Crippen LogP contribution in [-0.4, -0.2) is 37.7 Å². The minimum absolute atomic E-state index is 0.00393. The second kappa shape index (κ2) is 3.41. The molecule has 0 radical (unpaired) electrons. The molecule has 2 rings (SSSR count). The summed E-state index contributed by atoms with van der Waals surface area (Å²) < 4.78 is 5.40. The van der Waals surface area contributed by atoms with Crippen molar-refractivity contribution in [1.82, 2.24) is 10.6 Å². The first-order valence-electron chi connectivity index (χ1n) is 4.48. The Morgan fingerprint density at radius 1 is 1.50 bits per heavy atom. The minimum atomic E-state index is 0.00393. The smallest absolute Gasteiger partial charge is 0.246 e. The van der Waals surface area contributed by atoms with Crippen LogP contribution >= 0.6 is 0 Å². The molecular weight excluding hydrogens is 156 g/mol. The van der Waals surface area contributed by atoms with Gasteiger partial charge >= 0.3 is 0 Å². The summed E-state index contributed by atoms with van der Waals surface area (Å²) in [6.45, 7) is 1.97. The SMILES string of the molecule is O=C1COC(C2CCCN2)CN1. The molecule has 2 aliphatic heterocycles. The molecule has 2 fully saturated rings. The lowest BCUT2D eigenvalue weighted by Gasteiger charge is -2.27. The van der Waals surface area contributed by atoms with Crippen molar-refractivity contribution in [2.75, 3.05) is 19.7 Å². The fourth-order valence-electron chi connectivity index (χ4n) is 1.79. The fourth-order valence-corrected chi connectivity index (χ4v) is 1.79. The topological polar surface area (TPSA) is 50.4 Å². The van der Waals surface area contributed by atoms with Crippen molar-refractivity contribution in [1.29, 1.82) is 0 Å². The van der Waals surface area contributed by atoms with Crippen LogP contribution in [0.1, 0.15) is 12.8 Å². The Bertz CT molecular complexity index is 168. The van der Waals surface area contributed by atoms with Gasteiger partial charge in [-0.1, -0.05) is 0 Å². The fraction of sp³-hybridized carbons (Fsp3) is 0.875. The summed E-state index contributed by atoms with van der Waals surface area (Å²) in [6.07, 6.45) is 2.57. The molecule has 2 N–H and O–H groups in total. The van der Waals surface area contributed by atoms with E-state index in [1.165, 1.54) is 12.8 Å². The van der Waals surface area contributed by atoms with Gasteiger partial charge < -0.3 is 15.4 Å². The van der Waals surface area contributed by atoms with Gasteiger partial charge in [-0.25, -0.2) is 0 Å². The lowest BCUT2D eigenvalue weighted by Crippen LogP contribution is -2.50. The highest BCUT2D eigenvalue weighted by molar-refractivity contribution is 5.77. The van der Waals surface area contributed by atoms with E-state index in [9.17, 15) is 4.79 Å². The van der Waals surface area contributed by atoms with E-state index in [0.29, 0.717) is 12.6 Å². The lowest BCUT2D eigenvalue weighted by atomic mass is 10.1. The van der Waals surface area contributed by atoms with Crippen molar-refractivity contribution in [3.8, 4) is 0 Å². The maximum absolute atomic E-state index is 10.8. The first kappa shape index (κ1) is 8.01. The predicted octanol–water partition coefficient (Wildman–Crippen LogP) is -0.747. The normalized spacial score (nSPS) is 36.5. The molecule has 2 heterocycles. The Kier molecular flexibility index (Phi) is 2.28. The average molecular weight is 170 g/mol. The third-order valence-corrected chi connectivity index (χ3v) is 2.48. The second-order valence-corrected chi connectivity index (χ2v) is 3.36. The maximum Gasteiger partial charge on any atom is 0.246 e. The molecule has 68 valence electrons. The summed E-state index contributed by atoms with van der Waals surface area (Å²) in [6, 6.07) is 0.450. The largest absolute Gasteiger partial charge is 0.365 e. The summed E-state index contributed by atoms with van der Waals surface area (Å²) in [4.78, 5) is 10.8. The molecule has 0 saturated carbocycles. The molecule has 0 aromatic carbocycles. The van der Waals surface area contributed by atoms with Gasteiger partial charge in [-0.15, -0.1) is 0 Å². The average Bonchev–Trinajstić information content (AvgIpc) is 2.58. The van der Waals surface area contributed by atoms with Crippen LogP contribution in [0.15, 0.2) is 0 Å². The zero-order valence-corrected chi connectivity index (χ0v) is 7.01. The number of ether oxygens (including phenoxy) is 1. The Morgan fingerprint density at radius 3 is 3.00 bits per heavy atom. The number of morpholine rings is 1. The van der Waals surface area contributed by atoms with Gasteiger partial charge in [0.2, 0.25) is 5.91 Å². The summed E-state index contributed by atoms with van der Waals surface area (Å²) in [5.41, 5.74) is 0. The second-order valence-electron chi connectivity index (χ2n) is 3.36. The Labute approximate surface area is 71.7 Å². The number of nitrogens with one attached hydrogen (secondary N) is 2. The number of amides is 1. The zero-order chi connectivity index (χ0) is 8.39. The molecule has 4 heteroatoms. The van der Waals surface area contributed by atoms with Gasteiger partial charge in [0.1, 0.15) is 6.61 Å². The molecule has 12 heavy (non-hydrogen) atoms. The van der Waals surface area contributed by atoms with Crippen LogP contribution in [-0.2, 0) is 9.53 Å². The quantitative estimate of drug-likeness (QED) is 0.544. The number of carbonyl (C=O) groups excluding carboxylic acids is 1. The van der Waals surface area contributed by atoms with Gasteiger partial charge in [0.25, 0.3) is 0 Å². The first-order valence-corrected chi connectivity index (χ1v) is 4.48. The molecule has 0 spiro atoms. The van der Waals surface area contributed by atoms with E-state index in [1.54, 1.807) is 0 Å². The number of carbonyl (C=O) groups is 1. The summed E-state index contributed by atoms with van der Waals surface area (Å²) in [7, 11) is 0. The molecule has 0 aromatic rings. The van der Waals surface area contributed by atoms with Crippen molar-refractivity contribution in [2.45, 2.75) is 25.0 Å². The van der Waals surface area contributed by atoms with Crippen LogP contribution in [0.3, 0.4) is 0 Å². The van der Waals surface area contributed by atoms with E-state index in [2.05, 4.69) is 10.6 Å². The van der Waals surface area contributed by atoms with Crippen molar-refractivity contribution in [2.24, 2.45) is 0 Å². The van der Waals surface area contributed by atoms with Crippen molar-refractivity contribution in [3.05, 3.63) is 0 Å². The summed E-state index contributed by atoms with van der Waals surface area (Å²) in [5.74, 6) is 0.00393. The van der Waals surface area contributed by atoms with E-state index in [-0.39, 0.29) is 18.6 Å². The van der Waals surface area contributed by atoms with E-state index in [0.717, 1.165) is 6.54 Å². The first-order chi connectivity index (χ1) is 5.86. The zero-order valence-electron chi connectivity index (χ0n) is 7.01. The highest BCUT2D eigenvalue weighted by Crippen LogP contribution is 2.13. The molecule has 2 saturated heterocycles. The molecule has 2 unspecified atom stereocenters. The van der Waals surface area contributed by atoms with E-state index >= 15 is 0 Å². The van der Waals surface area contributed by atoms with Crippen LogP contribution in [0.5, 0.6) is 0 Å². The molecule has 1 amide bonds. The van der Waals surface area contributed by atoms with Crippen molar-refractivity contribution in [3.63, 3.8) is 0 Å². The van der Waals surface area contributed by atoms with E-state index < -0.39 is 0 Å². The molecule has 0 bridgehead atoms. The lowest BCUT2D eigenvalue weighted by molar-refractivity contribution is -0.134.